The van der Waals surface area contributed by atoms with Gasteiger partial charge in [-0.2, -0.15) is 5.26 Å². The first-order chi connectivity index (χ1) is 13.1. The third kappa shape index (κ3) is 4.44. The minimum absolute atomic E-state index is 0.0104. The van der Waals surface area contributed by atoms with Crippen molar-refractivity contribution in [3.8, 4) is 11.8 Å². The molecule has 0 radical (unpaired) electrons. The highest BCUT2D eigenvalue weighted by atomic mass is 16.5. The standard InChI is InChI=1S/C20H16N2O5/c1-25-16-6-7-17-14(11-26-18(17)9-16)8-20(24)27-12-19(23)22-15-4-2-13(10-21)3-5-15/h2-7,9,11H,8,12H2,1H3,(H,22,23). The molecule has 3 aromatic rings. The summed E-state index contributed by atoms with van der Waals surface area (Å²) in [4.78, 5) is 23.9. The zero-order valence-corrected chi connectivity index (χ0v) is 14.5. The molecule has 0 fully saturated rings. The fourth-order valence-corrected chi connectivity index (χ4v) is 2.51. The Balaban J connectivity index is 1.53. The summed E-state index contributed by atoms with van der Waals surface area (Å²) < 4.78 is 15.6. The normalized spacial score (nSPS) is 10.2. The fourth-order valence-electron chi connectivity index (χ4n) is 2.51. The Morgan fingerprint density at radius 1 is 1.19 bits per heavy atom. The van der Waals surface area contributed by atoms with E-state index < -0.39 is 18.5 Å². The molecule has 136 valence electrons. The van der Waals surface area contributed by atoms with Crippen LogP contribution >= 0.6 is 0 Å². The number of hydrogen-bond donors (Lipinski definition) is 1. The molecule has 2 aromatic carbocycles. The van der Waals surface area contributed by atoms with Gasteiger partial charge in [0.1, 0.15) is 11.3 Å². The van der Waals surface area contributed by atoms with E-state index in [0.29, 0.717) is 28.1 Å². The van der Waals surface area contributed by atoms with Crippen LogP contribution in [0.15, 0.2) is 53.1 Å². The van der Waals surface area contributed by atoms with Crippen LogP contribution in [0.4, 0.5) is 5.69 Å². The molecule has 1 aromatic heterocycles. The Bertz CT molecular complexity index is 1020. The number of carbonyl (C=O) groups excluding carboxylic acids is 2. The van der Waals surface area contributed by atoms with Gasteiger partial charge in [0, 0.05) is 22.7 Å². The summed E-state index contributed by atoms with van der Waals surface area (Å²) in [6.07, 6.45) is 1.48. The molecule has 0 unspecified atom stereocenters. The quantitative estimate of drug-likeness (QED) is 0.675. The number of nitrogens with zero attached hydrogens (tertiary/aromatic N) is 1. The lowest BCUT2D eigenvalue weighted by molar-refractivity contribution is -0.146. The molecule has 0 spiro atoms. The smallest absolute Gasteiger partial charge is 0.310 e. The van der Waals surface area contributed by atoms with E-state index in [0.717, 1.165) is 5.39 Å². The Morgan fingerprint density at radius 2 is 1.96 bits per heavy atom. The molecule has 0 saturated carbocycles. The van der Waals surface area contributed by atoms with Gasteiger partial charge in [0.15, 0.2) is 6.61 Å². The van der Waals surface area contributed by atoms with Gasteiger partial charge in [-0.1, -0.05) is 0 Å². The van der Waals surface area contributed by atoms with Crippen molar-refractivity contribution in [3.63, 3.8) is 0 Å². The third-order valence-corrected chi connectivity index (χ3v) is 3.86. The largest absolute Gasteiger partial charge is 0.497 e. The Labute approximate surface area is 155 Å². The van der Waals surface area contributed by atoms with Gasteiger partial charge >= 0.3 is 5.97 Å². The van der Waals surface area contributed by atoms with E-state index in [4.69, 9.17) is 19.2 Å². The van der Waals surface area contributed by atoms with Gasteiger partial charge in [-0.15, -0.1) is 0 Å². The van der Waals surface area contributed by atoms with Crippen LogP contribution in [0.1, 0.15) is 11.1 Å². The highest BCUT2D eigenvalue weighted by Crippen LogP contribution is 2.26. The number of rotatable bonds is 6. The summed E-state index contributed by atoms with van der Waals surface area (Å²) in [5.74, 6) is -0.344. The zero-order chi connectivity index (χ0) is 19.2. The average molecular weight is 364 g/mol. The summed E-state index contributed by atoms with van der Waals surface area (Å²) in [6.45, 7) is -0.400. The molecule has 0 saturated heterocycles. The zero-order valence-electron chi connectivity index (χ0n) is 14.5. The molecule has 0 bridgehead atoms. The number of furan rings is 1. The number of benzene rings is 2. The minimum atomic E-state index is -0.538. The van der Waals surface area contributed by atoms with Gasteiger partial charge in [-0.3, -0.25) is 9.59 Å². The predicted molar refractivity (Wildman–Crippen MR) is 97.2 cm³/mol. The molecule has 3 rings (SSSR count). The van der Waals surface area contributed by atoms with E-state index in [1.165, 1.54) is 6.26 Å². The molecule has 0 aliphatic heterocycles. The molecule has 1 N–H and O–H groups in total. The molecule has 7 heteroatoms. The second kappa shape index (κ2) is 8.06. The van der Waals surface area contributed by atoms with E-state index in [2.05, 4.69) is 5.32 Å². The molecule has 1 amide bonds. The lowest BCUT2D eigenvalue weighted by Gasteiger charge is -2.06. The van der Waals surface area contributed by atoms with Gasteiger partial charge in [0.2, 0.25) is 0 Å². The van der Waals surface area contributed by atoms with E-state index in [1.54, 1.807) is 49.6 Å². The van der Waals surface area contributed by atoms with Crippen LogP contribution in [0.3, 0.4) is 0 Å². The lowest BCUT2D eigenvalue weighted by atomic mass is 10.1. The van der Waals surface area contributed by atoms with Crippen molar-refractivity contribution >= 4 is 28.5 Å². The highest BCUT2D eigenvalue weighted by molar-refractivity contribution is 5.93. The maximum Gasteiger partial charge on any atom is 0.310 e. The van der Waals surface area contributed by atoms with E-state index >= 15 is 0 Å². The molecule has 0 atom stereocenters. The number of esters is 1. The molecular weight excluding hydrogens is 348 g/mol. The monoisotopic (exact) mass is 364 g/mol. The average Bonchev–Trinajstić information content (AvgIpc) is 3.09. The van der Waals surface area contributed by atoms with Gasteiger partial charge < -0.3 is 19.2 Å². The van der Waals surface area contributed by atoms with Crippen molar-refractivity contribution in [2.45, 2.75) is 6.42 Å². The van der Waals surface area contributed by atoms with Crippen molar-refractivity contribution in [3.05, 3.63) is 59.9 Å². The topological polar surface area (TPSA) is 102 Å². The van der Waals surface area contributed by atoms with Gasteiger partial charge in [0.05, 0.1) is 31.4 Å². The lowest BCUT2D eigenvalue weighted by Crippen LogP contribution is -2.21. The molecule has 7 nitrogen and oxygen atoms in total. The summed E-state index contributed by atoms with van der Waals surface area (Å²) in [6, 6.07) is 13.7. The van der Waals surface area contributed by atoms with Crippen molar-refractivity contribution in [2.24, 2.45) is 0 Å². The number of nitriles is 1. The summed E-state index contributed by atoms with van der Waals surface area (Å²) in [5.41, 5.74) is 2.29. The number of methoxy groups -OCH3 is 1. The second-order valence-corrected chi connectivity index (χ2v) is 5.70. The minimum Gasteiger partial charge on any atom is -0.497 e. The first-order valence-corrected chi connectivity index (χ1v) is 8.09. The number of hydrogen-bond acceptors (Lipinski definition) is 6. The number of nitrogens with one attached hydrogen (secondary N) is 1. The van der Waals surface area contributed by atoms with Crippen LogP contribution in [0.2, 0.25) is 0 Å². The summed E-state index contributed by atoms with van der Waals surface area (Å²) >= 11 is 0. The van der Waals surface area contributed by atoms with Crippen molar-refractivity contribution in [2.75, 3.05) is 19.0 Å². The summed E-state index contributed by atoms with van der Waals surface area (Å²) in [7, 11) is 1.56. The second-order valence-electron chi connectivity index (χ2n) is 5.70. The van der Waals surface area contributed by atoms with Crippen LogP contribution in [0.5, 0.6) is 5.75 Å². The number of fused-ring (bicyclic) bond motifs is 1. The third-order valence-electron chi connectivity index (χ3n) is 3.86. The maximum absolute atomic E-state index is 12.0. The van der Waals surface area contributed by atoms with Gasteiger partial charge in [-0.25, -0.2) is 0 Å². The van der Waals surface area contributed by atoms with Crippen LogP contribution in [-0.4, -0.2) is 25.6 Å². The Kier molecular flexibility index (Phi) is 5.38. The molecule has 1 heterocycles. The number of amides is 1. The van der Waals surface area contributed by atoms with E-state index in [1.807, 2.05) is 6.07 Å². The maximum atomic E-state index is 12.0. The van der Waals surface area contributed by atoms with Crippen molar-refractivity contribution < 1.29 is 23.5 Å². The van der Waals surface area contributed by atoms with Crippen LogP contribution in [0, 0.1) is 11.3 Å². The number of carbonyl (C=O) groups is 2. The molecular formula is C20H16N2O5. The van der Waals surface area contributed by atoms with E-state index in [9.17, 15) is 9.59 Å². The first-order valence-electron chi connectivity index (χ1n) is 8.09. The van der Waals surface area contributed by atoms with Crippen LogP contribution < -0.4 is 10.1 Å². The highest BCUT2D eigenvalue weighted by Gasteiger charge is 2.13. The molecule has 0 aliphatic rings. The van der Waals surface area contributed by atoms with Crippen LogP contribution in [-0.2, 0) is 20.7 Å². The predicted octanol–water partition coefficient (Wildman–Crippen LogP) is 3.04. The van der Waals surface area contributed by atoms with Crippen molar-refractivity contribution in [1.82, 2.24) is 0 Å². The summed E-state index contributed by atoms with van der Waals surface area (Å²) in [5, 5.41) is 12.1. The SMILES string of the molecule is COc1ccc2c(CC(=O)OCC(=O)Nc3ccc(C#N)cc3)coc2c1. The Morgan fingerprint density at radius 3 is 2.67 bits per heavy atom. The van der Waals surface area contributed by atoms with Crippen LogP contribution in [0.25, 0.3) is 11.0 Å². The Hall–Kier alpha value is -3.79. The van der Waals surface area contributed by atoms with Gasteiger partial charge in [-0.05, 0) is 36.4 Å². The van der Waals surface area contributed by atoms with E-state index in [-0.39, 0.29) is 6.42 Å². The fraction of sp³-hybridized carbons (Fsp3) is 0.150. The first kappa shape index (κ1) is 18.0. The van der Waals surface area contributed by atoms with Gasteiger partial charge in [0.25, 0.3) is 5.91 Å². The number of anilines is 1. The molecule has 0 aliphatic carbocycles. The van der Waals surface area contributed by atoms with Crippen molar-refractivity contribution in [1.29, 1.82) is 5.26 Å². The molecule has 27 heavy (non-hydrogen) atoms. The number of ether oxygens (including phenoxy) is 2.